The fourth-order valence-electron chi connectivity index (χ4n) is 3.43. The van der Waals surface area contributed by atoms with Gasteiger partial charge in [0.25, 0.3) is 0 Å². The summed E-state index contributed by atoms with van der Waals surface area (Å²) in [5, 5.41) is 12.2. The molecule has 5 heteroatoms. The van der Waals surface area contributed by atoms with Crippen LogP contribution in [0.1, 0.15) is 5.56 Å². The molecule has 2 N–H and O–H groups in total. The number of para-hydroxylation sites is 1. The van der Waals surface area contributed by atoms with E-state index < -0.39 is 0 Å². The van der Waals surface area contributed by atoms with E-state index in [2.05, 4.69) is 56.2 Å². The van der Waals surface area contributed by atoms with E-state index in [1.165, 1.54) is 5.56 Å². The molecule has 2 aromatic carbocycles. The van der Waals surface area contributed by atoms with Crippen molar-refractivity contribution < 1.29 is 0 Å². The van der Waals surface area contributed by atoms with Crippen molar-refractivity contribution in [3.63, 3.8) is 0 Å². The molecule has 2 aromatic heterocycles. The molecular weight excluding hydrogens is 322 g/mol. The summed E-state index contributed by atoms with van der Waals surface area (Å²) in [4.78, 5) is 6.27. The highest BCUT2D eigenvalue weighted by Crippen LogP contribution is 2.35. The van der Waals surface area contributed by atoms with Gasteiger partial charge in [-0.1, -0.05) is 24.8 Å². The Morgan fingerprint density at radius 2 is 1.81 bits per heavy atom. The van der Waals surface area contributed by atoms with E-state index in [0.29, 0.717) is 0 Å². The zero-order valence-electron chi connectivity index (χ0n) is 14.1. The van der Waals surface area contributed by atoms with Gasteiger partial charge < -0.3 is 10.2 Å². The Bertz CT molecular complexity index is 1100. The monoisotopic (exact) mass is 339 g/mol. The van der Waals surface area contributed by atoms with Crippen molar-refractivity contribution in [1.29, 1.82) is 0 Å². The van der Waals surface area contributed by atoms with Crippen LogP contribution in [0, 0.1) is 0 Å². The van der Waals surface area contributed by atoms with Crippen LogP contribution < -0.4 is 10.2 Å². The van der Waals surface area contributed by atoms with E-state index in [0.717, 1.165) is 45.9 Å². The van der Waals surface area contributed by atoms with E-state index in [9.17, 15) is 0 Å². The third-order valence-corrected chi connectivity index (χ3v) is 4.74. The van der Waals surface area contributed by atoms with Crippen LogP contribution in [0.4, 0.5) is 11.4 Å². The largest absolute Gasteiger partial charge is 0.342 e. The van der Waals surface area contributed by atoms with Gasteiger partial charge in [-0.2, -0.15) is 5.10 Å². The second kappa shape index (κ2) is 5.74. The number of rotatable bonds is 2. The minimum atomic E-state index is 0.766. The van der Waals surface area contributed by atoms with Gasteiger partial charge in [0.2, 0.25) is 0 Å². The van der Waals surface area contributed by atoms with Gasteiger partial charge in [0.05, 0.1) is 12.1 Å². The van der Waals surface area contributed by atoms with Crippen molar-refractivity contribution in [3.8, 4) is 11.3 Å². The molecule has 0 fully saturated rings. The van der Waals surface area contributed by atoms with E-state index >= 15 is 0 Å². The van der Waals surface area contributed by atoms with Crippen molar-refractivity contribution in [2.24, 2.45) is 0 Å². The predicted molar refractivity (Wildman–Crippen MR) is 105 cm³/mol. The Balaban J connectivity index is 1.61. The molecule has 26 heavy (non-hydrogen) atoms. The third-order valence-electron chi connectivity index (χ3n) is 4.74. The van der Waals surface area contributed by atoms with Crippen LogP contribution in [0.2, 0.25) is 0 Å². The third kappa shape index (κ3) is 2.33. The minimum absolute atomic E-state index is 0.766. The van der Waals surface area contributed by atoms with E-state index in [1.54, 1.807) is 12.4 Å². The maximum Gasteiger partial charge on any atom is 0.103 e. The van der Waals surface area contributed by atoms with E-state index in [1.807, 2.05) is 30.3 Å². The van der Waals surface area contributed by atoms with Gasteiger partial charge in [-0.05, 0) is 42.0 Å². The first-order valence-electron chi connectivity index (χ1n) is 8.49. The lowest BCUT2D eigenvalue weighted by molar-refractivity contribution is 0.895. The number of hydrogen-bond donors (Lipinski definition) is 2. The molecular formula is C21H17N5. The molecule has 0 atom stereocenters. The summed E-state index contributed by atoms with van der Waals surface area (Å²) < 4.78 is 0. The lowest BCUT2D eigenvalue weighted by atomic mass is 10.0. The van der Waals surface area contributed by atoms with Crippen molar-refractivity contribution in [2.45, 2.75) is 6.54 Å². The second-order valence-electron chi connectivity index (χ2n) is 6.36. The Hall–Kier alpha value is -3.60. The number of nitrogens with one attached hydrogen (secondary N) is 2. The molecule has 5 rings (SSSR count). The van der Waals surface area contributed by atoms with Gasteiger partial charge >= 0.3 is 0 Å². The summed E-state index contributed by atoms with van der Waals surface area (Å²) in [6.07, 6.45) is 3.58. The number of fused-ring (bicyclic) bond motifs is 2. The molecule has 0 saturated heterocycles. The molecule has 1 aliphatic heterocycles. The van der Waals surface area contributed by atoms with Gasteiger partial charge in [0.15, 0.2) is 0 Å². The van der Waals surface area contributed by atoms with Gasteiger partial charge in [-0.3, -0.25) is 10.1 Å². The maximum atomic E-state index is 4.52. The van der Waals surface area contributed by atoms with Gasteiger partial charge in [0.1, 0.15) is 11.5 Å². The molecule has 0 saturated carbocycles. The van der Waals surface area contributed by atoms with Gasteiger partial charge in [-0.15, -0.1) is 0 Å². The zero-order valence-corrected chi connectivity index (χ0v) is 14.1. The number of aromatic amines is 1. The molecule has 0 spiro atoms. The molecule has 0 radical (unpaired) electrons. The first-order chi connectivity index (χ1) is 12.8. The summed E-state index contributed by atoms with van der Waals surface area (Å²) in [5.74, 6) is 0.872. The van der Waals surface area contributed by atoms with Crippen LogP contribution in [0.15, 0.2) is 79.4 Å². The number of H-pyrrole nitrogens is 1. The van der Waals surface area contributed by atoms with Crippen molar-refractivity contribution in [1.82, 2.24) is 15.2 Å². The molecule has 126 valence electrons. The molecule has 1 aliphatic rings. The predicted octanol–water partition coefficient (Wildman–Crippen LogP) is 4.53. The summed E-state index contributed by atoms with van der Waals surface area (Å²) in [7, 11) is 0. The van der Waals surface area contributed by atoms with Crippen molar-refractivity contribution in [2.75, 3.05) is 10.2 Å². The van der Waals surface area contributed by atoms with Crippen LogP contribution in [-0.4, -0.2) is 15.2 Å². The lowest BCUT2D eigenvalue weighted by Crippen LogP contribution is -2.30. The maximum absolute atomic E-state index is 4.52. The van der Waals surface area contributed by atoms with Crippen LogP contribution in [0.25, 0.3) is 22.2 Å². The fourth-order valence-corrected chi connectivity index (χ4v) is 3.43. The molecule has 0 aliphatic carbocycles. The Morgan fingerprint density at radius 1 is 1.00 bits per heavy atom. The quantitative estimate of drug-likeness (QED) is 0.563. The summed E-state index contributed by atoms with van der Waals surface area (Å²) in [6.45, 7) is 4.95. The van der Waals surface area contributed by atoms with Crippen LogP contribution >= 0.6 is 0 Å². The van der Waals surface area contributed by atoms with Crippen molar-refractivity contribution >= 4 is 22.3 Å². The highest BCUT2D eigenvalue weighted by atomic mass is 15.3. The Morgan fingerprint density at radius 3 is 2.62 bits per heavy atom. The SMILES string of the molecule is C=C1Nc2cc3[nH]nc(-c4ccncc4)c3cc2CN1c1ccccc1. The number of nitrogens with zero attached hydrogens (tertiary/aromatic N) is 3. The number of anilines is 2. The summed E-state index contributed by atoms with van der Waals surface area (Å²) in [5.41, 5.74) is 6.41. The van der Waals surface area contributed by atoms with Crippen molar-refractivity contribution in [3.05, 3.63) is 85.0 Å². The average molecular weight is 339 g/mol. The Kier molecular flexibility index (Phi) is 3.25. The van der Waals surface area contributed by atoms with Crippen LogP contribution in [0.3, 0.4) is 0 Å². The number of hydrogen-bond acceptors (Lipinski definition) is 4. The molecule has 0 amide bonds. The average Bonchev–Trinajstić information content (AvgIpc) is 3.10. The first kappa shape index (κ1) is 14.7. The van der Waals surface area contributed by atoms with Gasteiger partial charge in [0, 0.05) is 34.7 Å². The van der Waals surface area contributed by atoms with E-state index in [-0.39, 0.29) is 0 Å². The Labute approximate surface area is 151 Å². The standard InChI is InChI=1S/C21H17N5/c1-14-23-19-12-20-18(21(25-24-20)15-7-9-22-10-8-15)11-16(19)13-26(14)17-5-3-2-4-6-17/h2-12,23H,1,13H2,(H,24,25). The van der Waals surface area contributed by atoms with E-state index in [4.69, 9.17) is 0 Å². The number of benzene rings is 2. The van der Waals surface area contributed by atoms with Crippen LogP contribution in [0.5, 0.6) is 0 Å². The lowest BCUT2D eigenvalue weighted by Gasteiger charge is -2.33. The molecule has 0 unspecified atom stereocenters. The number of aromatic nitrogens is 3. The topological polar surface area (TPSA) is 56.8 Å². The first-order valence-corrected chi connectivity index (χ1v) is 8.49. The normalized spacial score (nSPS) is 13.5. The highest BCUT2D eigenvalue weighted by Gasteiger charge is 2.21. The van der Waals surface area contributed by atoms with Gasteiger partial charge in [-0.25, -0.2) is 0 Å². The zero-order chi connectivity index (χ0) is 17.5. The summed E-state index contributed by atoms with van der Waals surface area (Å²) in [6, 6.07) is 18.6. The second-order valence-corrected chi connectivity index (χ2v) is 6.36. The number of pyridine rings is 1. The fraction of sp³-hybridized carbons (Fsp3) is 0.0476. The smallest absolute Gasteiger partial charge is 0.103 e. The molecule has 5 nitrogen and oxygen atoms in total. The molecule has 3 heterocycles. The minimum Gasteiger partial charge on any atom is -0.342 e. The molecule has 0 bridgehead atoms. The summed E-state index contributed by atoms with van der Waals surface area (Å²) >= 11 is 0. The van der Waals surface area contributed by atoms with Crippen LogP contribution in [-0.2, 0) is 6.54 Å². The highest BCUT2D eigenvalue weighted by molar-refractivity contribution is 5.96. The molecule has 4 aromatic rings.